The first-order valence-electron chi connectivity index (χ1n) is 13.3. The lowest BCUT2D eigenvalue weighted by atomic mass is 9.99. The van der Waals surface area contributed by atoms with Crippen molar-refractivity contribution in [3.8, 4) is 16.9 Å². The van der Waals surface area contributed by atoms with Crippen LogP contribution in [0, 0.1) is 20.8 Å². The number of nitrogens with zero attached hydrogens (tertiary/aromatic N) is 6. The Balaban J connectivity index is 1.42. The number of aryl methyl sites for hydroxylation is 2. The van der Waals surface area contributed by atoms with Gasteiger partial charge in [-0.1, -0.05) is 17.7 Å². The van der Waals surface area contributed by atoms with Crippen LogP contribution in [-0.2, 0) is 19.8 Å². The van der Waals surface area contributed by atoms with Gasteiger partial charge in [0.05, 0.1) is 23.6 Å². The number of rotatable bonds is 6. The molecule has 11 heteroatoms. The highest BCUT2D eigenvalue weighted by molar-refractivity contribution is 6.04. The molecule has 0 atom stereocenters. The summed E-state index contributed by atoms with van der Waals surface area (Å²) in [6, 6.07) is 7.75. The van der Waals surface area contributed by atoms with Crippen LogP contribution in [0.1, 0.15) is 57.6 Å². The lowest BCUT2D eigenvalue weighted by Gasteiger charge is -2.28. The Morgan fingerprint density at radius 3 is 2.48 bits per heavy atom. The number of halogens is 3. The van der Waals surface area contributed by atoms with Gasteiger partial charge in [0, 0.05) is 36.1 Å². The van der Waals surface area contributed by atoms with Gasteiger partial charge in [0.1, 0.15) is 5.69 Å². The van der Waals surface area contributed by atoms with Crippen molar-refractivity contribution in [3.63, 3.8) is 0 Å². The van der Waals surface area contributed by atoms with E-state index in [9.17, 15) is 18.0 Å². The molecule has 0 saturated carbocycles. The molecular weight excluding hydrogens is 519 g/mol. The molecule has 0 bridgehead atoms. The second kappa shape index (κ2) is 10.9. The molecule has 4 aromatic rings. The fourth-order valence-corrected chi connectivity index (χ4v) is 5.12. The molecule has 3 heterocycles. The van der Waals surface area contributed by atoms with Gasteiger partial charge < -0.3 is 5.32 Å². The van der Waals surface area contributed by atoms with Gasteiger partial charge in [-0.2, -0.15) is 18.3 Å². The zero-order chi connectivity index (χ0) is 28.6. The minimum atomic E-state index is -4.53. The fraction of sp³-hybridized carbons (Fsp3) is 0.379. The lowest BCUT2D eigenvalue weighted by Crippen LogP contribution is -2.29. The molecule has 1 N–H and O–H groups in total. The van der Waals surface area contributed by atoms with Crippen LogP contribution in [0.25, 0.3) is 16.9 Å². The van der Waals surface area contributed by atoms with Gasteiger partial charge in [-0.25, -0.2) is 4.68 Å². The maximum absolute atomic E-state index is 13.9. The number of aromatic nitrogens is 5. The molecule has 1 saturated heterocycles. The summed E-state index contributed by atoms with van der Waals surface area (Å²) in [7, 11) is 1.85. The molecule has 210 valence electrons. The van der Waals surface area contributed by atoms with Crippen LogP contribution in [0.2, 0.25) is 0 Å². The van der Waals surface area contributed by atoms with Gasteiger partial charge in [0.15, 0.2) is 0 Å². The van der Waals surface area contributed by atoms with Crippen LogP contribution in [0.3, 0.4) is 0 Å². The quantitative estimate of drug-likeness (QED) is 0.325. The highest BCUT2D eigenvalue weighted by Gasteiger charge is 2.34. The molecule has 0 unspecified atom stereocenters. The summed E-state index contributed by atoms with van der Waals surface area (Å²) in [5.74, 6) is -0.509. The van der Waals surface area contributed by atoms with E-state index >= 15 is 0 Å². The summed E-state index contributed by atoms with van der Waals surface area (Å²) < 4.78 is 45.1. The number of piperidine rings is 1. The number of amides is 1. The van der Waals surface area contributed by atoms with Crippen LogP contribution in [0.4, 0.5) is 18.9 Å². The van der Waals surface area contributed by atoms with E-state index in [4.69, 9.17) is 0 Å². The number of carbonyl (C=O) groups excluding carboxylic acids is 1. The second-order valence-electron chi connectivity index (χ2n) is 10.4. The molecule has 1 aliphatic rings. The first-order valence-corrected chi connectivity index (χ1v) is 13.3. The predicted octanol–water partition coefficient (Wildman–Crippen LogP) is 5.85. The maximum atomic E-state index is 13.9. The summed E-state index contributed by atoms with van der Waals surface area (Å²) >= 11 is 0. The Labute approximate surface area is 230 Å². The smallest absolute Gasteiger partial charge is 0.322 e. The lowest BCUT2D eigenvalue weighted by molar-refractivity contribution is -0.138. The van der Waals surface area contributed by atoms with Gasteiger partial charge >= 0.3 is 6.18 Å². The van der Waals surface area contributed by atoms with Crippen LogP contribution in [0.15, 0.2) is 42.7 Å². The van der Waals surface area contributed by atoms with E-state index in [1.807, 2.05) is 20.9 Å². The monoisotopic (exact) mass is 551 g/mol. The summed E-state index contributed by atoms with van der Waals surface area (Å²) in [5.41, 5.74) is 4.36. The second-order valence-corrected chi connectivity index (χ2v) is 10.4. The number of hydrogen-bond donors (Lipinski definition) is 1. The molecule has 2 aromatic heterocycles. The van der Waals surface area contributed by atoms with Crippen molar-refractivity contribution in [1.82, 2.24) is 29.7 Å². The number of carbonyl (C=O) groups is 1. The van der Waals surface area contributed by atoms with Crippen molar-refractivity contribution in [1.29, 1.82) is 0 Å². The minimum Gasteiger partial charge on any atom is -0.322 e. The third kappa shape index (κ3) is 5.65. The summed E-state index contributed by atoms with van der Waals surface area (Å²) in [5, 5.41) is 15.5. The van der Waals surface area contributed by atoms with E-state index < -0.39 is 17.6 Å². The Kier molecular flexibility index (Phi) is 7.50. The number of benzene rings is 2. The van der Waals surface area contributed by atoms with Gasteiger partial charge in [-0.15, -0.1) is 5.10 Å². The van der Waals surface area contributed by atoms with Crippen molar-refractivity contribution in [2.75, 3.05) is 18.4 Å². The van der Waals surface area contributed by atoms with Crippen molar-refractivity contribution >= 4 is 11.6 Å². The van der Waals surface area contributed by atoms with E-state index in [0.717, 1.165) is 55.2 Å². The van der Waals surface area contributed by atoms with Crippen molar-refractivity contribution in [2.24, 2.45) is 7.05 Å². The molecule has 0 radical (unpaired) electrons. The molecule has 1 fully saturated rings. The molecule has 1 aliphatic heterocycles. The van der Waals surface area contributed by atoms with E-state index in [0.29, 0.717) is 29.1 Å². The van der Waals surface area contributed by atoms with Gasteiger partial charge in [0.25, 0.3) is 5.91 Å². The summed E-state index contributed by atoms with van der Waals surface area (Å²) in [6.07, 6.45) is 2.15. The molecule has 40 heavy (non-hydrogen) atoms. The van der Waals surface area contributed by atoms with E-state index in [1.54, 1.807) is 46.0 Å². The van der Waals surface area contributed by atoms with Crippen molar-refractivity contribution < 1.29 is 18.0 Å². The van der Waals surface area contributed by atoms with E-state index in [1.165, 1.54) is 6.92 Å². The third-order valence-electron chi connectivity index (χ3n) is 7.64. The van der Waals surface area contributed by atoms with E-state index in [-0.39, 0.29) is 11.3 Å². The molecule has 0 aliphatic carbocycles. The number of likely N-dealkylation sites (tertiary alicyclic amines) is 1. The van der Waals surface area contributed by atoms with Gasteiger partial charge in [-0.05, 0) is 87.7 Å². The minimum absolute atomic E-state index is 0.118. The van der Waals surface area contributed by atoms with Gasteiger partial charge in [-0.3, -0.25) is 14.4 Å². The first kappa shape index (κ1) is 27.6. The maximum Gasteiger partial charge on any atom is 0.416 e. The first-order chi connectivity index (χ1) is 19.0. The standard InChI is InChI=1S/C29H32F3N7O/c1-18-8-9-21(13-27(18)39-17-26(35-36-39)24-15-33-37(4)20(24)3)28(40)34-23-12-22(16-38-10-6-5-7-11-38)19(2)25(14-23)29(30,31)32/h8-9,12-15,17H,5-7,10-11,16H2,1-4H3,(H,34,40). The summed E-state index contributed by atoms with van der Waals surface area (Å²) in [6.45, 7) is 7.44. The summed E-state index contributed by atoms with van der Waals surface area (Å²) in [4.78, 5) is 15.4. The number of nitrogens with one attached hydrogen (secondary N) is 1. The van der Waals surface area contributed by atoms with Crippen molar-refractivity contribution in [3.05, 3.63) is 76.2 Å². The van der Waals surface area contributed by atoms with Crippen molar-refractivity contribution in [2.45, 2.75) is 52.8 Å². The highest BCUT2D eigenvalue weighted by Crippen LogP contribution is 2.36. The third-order valence-corrected chi connectivity index (χ3v) is 7.64. The van der Waals surface area contributed by atoms with Gasteiger partial charge in [0.2, 0.25) is 0 Å². The molecule has 8 nitrogen and oxygen atoms in total. The number of hydrogen-bond acceptors (Lipinski definition) is 5. The van der Waals surface area contributed by atoms with Crippen LogP contribution in [-0.4, -0.2) is 48.7 Å². The Hall–Kier alpha value is -3.99. The average Bonchev–Trinajstić information content (AvgIpc) is 3.52. The Morgan fingerprint density at radius 1 is 1.05 bits per heavy atom. The Morgan fingerprint density at radius 2 is 1.80 bits per heavy atom. The average molecular weight is 552 g/mol. The van der Waals surface area contributed by atoms with Crippen LogP contribution < -0.4 is 5.32 Å². The zero-order valence-corrected chi connectivity index (χ0v) is 23.0. The SMILES string of the molecule is Cc1ccc(C(=O)Nc2cc(CN3CCCCC3)c(C)c(C(F)(F)F)c2)cc1-n1cc(-c2cnn(C)c2C)nn1. The number of alkyl halides is 3. The topological polar surface area (TPSA) is 80.9 Å². The molecular formula is C29H32F3N7O. The predicted molar refractivity (Wildman–Crippen MR) is 146 cm³/mol. The fourth-order valence-electron chi connectivity index (χ4n) is 5.12. The molecule has 0 spiro atoms. The normalized spacial score (nSPS) is 14.5. The molecule has 2 aromatic carbocycles. The van der Waals surface area contributed by atoms with Crippen LogP contribution >= 0.6 is 0 Å². The zero-order valence-electron chi connectivity index (χ0n) is 23.0. The largest absolute Gasteiger partial charge is 0.416 e. The number of anilines is 1. The molecule has 1 amide bonds. The molecule has 5 rings (SSSR count). The Bertz CT molecular complexity index is 1550. The van der Waals surface area contributed by atoms with E-state index in [2.05, 4.69) is 25.6 Å². The van der Waals surface area contributed by atoms with Crippen LogP contribution in [0.5, 0.6) is 0 Å². The highest BCUT2D eigenvalue weighted by atomic mass is 19.4.